The lowest BCUT2D eigenvalue weighted by Gasteiger charge is -2.40. The van der Waals surface area contributed by atoms with Crippen molar-refractivity contribution in [3.63, 3.8) is 0 Å². The SMILES string of the molecule is C=C(C)[C@H](O)C1O[C@@H]2SC(N(C)C)=N[C@@H]2[C@@H](O)[C@@H]1O. The van der Waals surface area contributed by atoms with Crippen LogP contribution < -0.4 is 0 Å². The van der Waals surface area contributed by atoms with Crippen LogP contribution in [0, 0.1) is 0 Å². The quantitative estimate of drug-likeness (QED) is 0.589. The predicted octanol–water partition coefficient (Wildman–Crippen LogP) is -0.597. The molecule has 0 spiro atoms. The highest BCUT2D eigenvalue weighted by Gasteiger charge is 2.50. The van der Waals surface area contributed by atoms with Crippen LogP contribution in [0.4, 0.5) is 0 Å². The number of hydrogen-bond acceptors (Lipinski definition) is 7. The van der Waals surface area contributed by atoms with Crippen molar-refractivity contribution in [1.29, 1.82) is 0 Å². The van der Waals surface area contributed by atoms with Crippen molar-refractivity contribution < 1.29 is 20.1 Å². The van der Waals surface area contributed by atoms with E-state index in [1.54, 1.807) is 6.92 Å². The number of rotatable bonds is 2. The molecule has 2 aliphatic rings. The lowest BCUT2D eigenvalue weighted by atomic mass is 9.92. The van der Waals surface area contributed by atoms with E-state index in [4.69, 9.17) is 4.74 Å². The molecular formula is C12H20N2O4S. The zero-order valence-electron chi connectivity index (χ0n) is 11.2. The van der Waals surface area contributed by atoms with Gasteiger partial charge in [0.05, 0.1) is 0 Å². The summed E-state index contributed by atoms with van der Waals surface area (Å²) in [7, 11) is 3.71. The van der Waals surface area contributed by atoms with Gasteiger partial charge >= 0.3 is 0 Å². The lowest BCUT2D eigenvalue weighted by molar-refractivity contribution is -0.178. The molecule has 3 N–H and O–H groups in total. The fraction of sp³-hybridized carbons (Fsp3) is 0.750. The molecule has 0 aromatic rings. The first-order valence-electron chi connectivity index (χ1n) is 6.09. The lowest BCUT2D eigenvalue weighted by Crippen LogP contribution is -2.58. The van der Waals surface area contributed by atoms with Gasteiger partial charge in [0.25, 0.3) is 0 Å². The van der Waals surface area contributed by atoms with Crippen molar-refractivity contribution in [2.45, 2.75) is 42.8 Å². The Labute approximate surface area is 116 Å². The maximum atomic E-state index is 10.1. The Hall–Kier alpha value is -0.600. The second-order valence-corrected chi connectivity index (χ2v) is 6.22. The molecule has 2 rings (SSSR count). The van der Waals surface area contributed by atoms with E-state index in [2.05, 4.69) is 11.6 Å². The van der Waals surface area contributed by atoms with Gasteiger partial charge in [-0.25, -0.2) is 0 Å². The van der Waals surface area contributed by atoms with Gasteiger partial charge in [0, 0.05) is 14.1 Å². The second kappa shape index (κ2) is 5.41. The minimum atomic E-state index is -1.18. The summed E-state index contributed by atoms with van der Waals surface area (Å²) in [4.78, 5) is 6.18. The van der Waals surface area contributed by atoms with Gasteiger partial charge in [-0.1, -0.05) is 18.3 Å². The zero-order chi connectivity index (χ0) is 14.3. The first-order chi connectivity index (χ1) is 8.82. The Balaban J connectivity index is 2.17. The van der Waals surface area contributed by atoms with Crippen LogP contribution in [0.25, 0.3) is 0 Å². The summed E-state index contributed by atoms with van der Waals surface area (Å²) in [5, 5.41) is 30.9. The monoisotopic (exact) mass is 288 g/mol. The summed E-state index contributed by atoms with van der Waals surface area (Å²) in [5.74, 6) is 0. The number of thioether (sulfide) groups is 1. The van der Waals surface area contributed by atoms with E-state index in [1.165, 1.54) is 11.8 Å². The number of hydrogen-bond donors (Lipinski definition) is 3. The number of aliphatic hydroxyl groups is 3. The molecule has 0 saturated carbocycles. The average molecular weight is 288 g/mol. The third-order valence-electron chi connectivity index (χ3n) is 3.29. The fourth-order valence-corrected chi connectivity index (χ4v) is 3.28. The maximum Gasteiger partial charge on any atom is 0.161 e. The number of aliphatic hydroxyl groups excluding tert-OH is 3. The van der Waals surface area contributed by atoms with Crippen LogP contribution in [0.3, 0.4) is 0 Å². The van der Waals surface area contributed by atoms with Crippen LogP contribution in [-0.2, 0) is 4.74 Å². The van der Waals surface area contributed by atoms with Gasteiger partial charge < -0.3 is 25.0 Å². The smallest absolute Gasteiger partial charge is 0.161 e. The average Bonchev–Trinajstić information content (AvgIpc) is 2.77. The second-order valence-electron chi connectivity index (χ2n) is 5.16. The molecule has 108 valence electrons. The molecule has 1 unspecified atom stereocenters. The van der Waals surface area contributed by atoms with Crippen LogP contribution >= 0.6 is 11.8 Å². The van der Waals surface area contributed by atoms with Crippen molar-refractivity contribution in [2.75, 3.05) is 14.1 Å². The first kappa shape index (κ1) is 14.8. The van der Waals surface area contributed by atoms with Crippen LogP contribution in [0.2, 0.25) is 0 Å². The standard InChI is InChI=1S/C12H20N2O4S/c1-5(2)7(15)10-9(17)8(16)6-11(18-10)19-12(13-6)14(3)4/h6-11,15-17H,1H2,2-4H3/t6-,7+,8-,9+,10?,11-/m1/s1. The highest BCUT2D eigenvalue weighted by molar-refractivity contribution is 8.14. The number of nitrogens with zero attached hydrogens (tertiary/aromatic N) is 2. The Bertz CT molecular complexity index is 401. The summed E-state index contributed by atoms with van der Waals surface area (Å²) >= 11 is 1.38. The molecule has 0 amide bonds. The Morgan fingerprint density at radius 3 is 2.58 bits per heavy atom. The molecule has 1 saturated heterocycles. The molecule has 2 aliphatic heterocycles. The molecule has 0 bridgehead atoms. The van der Waals surface area contributed by atoms with Gasteiger partial charge in [-0.05, 0) is 12.5 Å². The first-order valence-corrected chi connectivity index (χ1v) is 6.97. The van der Waals surface area contributed by atoms with Crippen LogP contribution in [0.5, 0.6) is 0 Å². The van der Waals surface area contributed by atoms with Gasteiger partial charge in [0.15, 0.2) is 5.17 Å². The summed E-state index contributed by atoms with van der Waals surface area (Å²) in [6.45, 7) is 5.31. The number of ether oxygens (including phenoxy) is 1. The topological polar surface area (TPSA) is 85.5 Å². The minimum absolute atomic E-state index is 0.394. The van der Waals surface area contributed by atoms with E-state index in [0.29, 0.717) is 5.57 Å². The minimum Gasteiger partial charge on any atom is -0.388 e. The molecule has 1 fully saturated rings. The van der Waals surface area contributed by atoms with Gasteiger partial charge in [0.1, 0.15) is 35.9 Å². The van der Waals surface area contributed by atoms with Crippen molar-refractivity contribution in [3.8, 4) is 0 Å². The third-order valence-corrected chi connectivity index (χ3v) is 4.59. The molecule has 6 nitrogen and oxygen atoms in total. The molecule has 7 heteroatoms. The molecule has 0 radical (unpaired) electrons. The number of fused-ring (bicyclic) bond motifs is 1. The van der Waals surface area contributed by atoms with E-state index < -0.39 is 35.9 Å². The summed E-state index contributed by atoms with van der Waals surface area (Å²) in [5.41, 5.74) is 0.0984. The van der Waals surface area contributed by atoms with Crippen molar-refractivity contribution in [2.24, 2.45) is 4.99 Å². The van der Waals surface area contributed by atoms with E-state index >= 15 is 0 Å². The Morgan fingerprint density at radius 1 is 1.42 bits per heavy atom. The molecule has 0 aromatic carbocycles. The van der Waals surface area contributed by atoms with E-state index in [9.17, 15) is 15.3 Å². The predicted molar refractivity (Wildman–Crippen MR) is 74.0 cm³/mol. The maximum absolute atomic E-state index is 10.1. The van der Waals surface area contributed by atoms with Crippen LogP contribution in [0.1, 0.15) is 6.92 Å². The molecule has 2 heterocycles. The van der Waals surface area contributed by atoms with E-state index in [0.717, 1.165) is 5.17 Å². The van der Waals surface area contributed by atoms with Gasteiger partial charge in [-0.15, -0.1) is 0 Å². The highest BCUT2D eigenvalue weighted by atomic mass is 32.2. The van der Waals surface area contributed by atoms with Gasteiger partial charge in [-0.3, -0.25) is 4.99 Å². The molecular weight excluding hydrogens is 268 g/mol. The third kappa shape index (κ3) is 2.66. The largest absolute Gasteiger partial charge is 0.388 e. The highest BCUT2D eigenvalue weighted by Crippen LogP contribution is 2.38. The Morgan fingerprint density at radius 2 is 2.05 bits per heavy atom. The molecule has 6 atom stereocenters. The molecule has 0 aliphatic carbocycles. The molecule has 19 heavy (non-hydrogen) atoms. The van der Waals surface area contributed by atoms with Crippen LogP contribution in [0.15, 0.2) is 17.1 Å². The molecule has 0 aromatic heterocycles. The van der Waals surface area contributed by atoms with Crippen molar-refractivity contribution >= 4 is 16.9 Å². The zero-order valence-corrected chi connectivity index (χ0v) is 12.0. The number of aliphatic imine (C=N–C) groups is 1. The number of amidine groups is 1. The van der Waals surface area contributed by atoms with Gasteiger partial charge in [-0.2, -0.15) is 0 Å². The normalized spacial score (nSPS) is 39.5. The van der Waals surface area contributed by atoms with Gasteiger partial charge in [0.2, 0.25) is 0 Å². The summed E-state index contributed by atoms with van der Waals surface area (Å²) in [6.07, 6.45) is -4.12. The summed E-state index contributed by atoms with van der Waals surface area (Å²) < 4.78 is 5.70. The summed E-state index contributed by atoms with van der Waals surface area (Å²) in [6, 6.07) is -0.508. The van der Waals surface area contributed by atoms with Crippen molar-refractivity contribution in [1.82, 2.24) is 4.90 Å². The van der Waals surface area contributed by atoms with E-state index in [-0.39, 0.29) is 0 Å². The van der Waals surface area contributed by atoms with E-state index in [1.807, 2.05) is 19.0 Å². The fourth-order valence-electron chi connectivity index (χ4n) is 2.13. The van der Waals surface area contributed by atoms with Crippen LogP contribution in [-0.4, -0.2) is 75.4 Å². The van der Waals surface area contributed by atoms with Crippen molar-refractivity contribution in [3.05, 3.63) is 12.2 Å². The Kier molecular flexibility index (Phi) is 4.22.